The summed E-state index contributed by atoms with van der Waals surface area (Å²) in [6.07, 6.45) is 4.33. The van der Waals surface area contributed by atoms with Gasteiger partial charge in [-0.3, -0.25) is 14.5 Å². The molecule has 6 nitrogen and oxygen atoms in total. The standard InChI is InChI=1S/C15H21N5O/c1-11-15(16)12(2)20(18-11)10-14(21)19(3)9-6-13-4-7-17-8-5-13/h4-5,7-8H,6,9-10,16H2,1-3H3. The fraction of sp³-hybridized carbons (Fsp3) is 0.400. The summed E-state index contributed by atoms with van der Waals surface area (Å²) >= 11 is 0. The second kappa shape index (κ2) is 6.39. The summed E-state index contributed by atoms with van der Waals surface area (Å²) in [6.45, 7) is 4.60. The van der Waals surface area contributed by atoms with Gasteiger partial charge in [0.05, 0.1) is 17.1 Å². The molecule has 0 aliphatic carbocycles. The number of carbonyl (C=O) groups excluding carboxylic acids is 1. The van der Waals surface area contributed by atoms with Gasteiger partial charge < -0.3 is 10.6 Å². The van der Waals surface area contributed by atoms with Crippen LogP contribution in [0, 0.1) is 13.8 Å². The normalized spacial score (nSPS) is 10.6. The zero-order chi connectivity index (χ0) is 15.4. The van der Waals surface area contributed by atoms with Crippen molar-refractivity contribution in [1.29, 1.82) is 0 Å². The monoisotopic (exact) mass is 287 g/mol. The van der Waals surface area contributed by atoms with Gasteiger partial charge in [0, 0.05) is 26.0 Å². The Morgan fingerprint density at radius 3 is 2.57 bits per heavy atom. The lowest BCUT2D eigenvalue weighted by Crippen LogP contribution is -2.32. The lowest BCUT2D eigenvalue weighted by molar-refractivity contribution is -0.130. The van der Waals surface area contributed by atoms with Gasteiger partial charge in [-0.2, -0.15) is 5.10 Å². The summed E-state index contributed by atoms with van der Waals surface area (Å²) in [5, 5.41) is 4.29. The van der Waals surface area contributed by atoms with Crippen LogP contribution in [0.1, 0.15) is 17.0 Å². The molecule has 2 rings (SSSR count). The van der Waals surface area contributed by atoms with Crippen molar-refractivity contribution in [2.45, 2.75) is 26.8 Å². The molecule has 0 atom stereocenters. The maximum absolute atomic E-state index is 12.2. The number of hydrogen-bond acceptors (Lipinski definition) is 4. The van der Waals surface area contributed by atoms with Gasteiger partial charge in [-0.25, -0.2) is 0 Å². The van der Waals surface area contributed by atoms with Crippen molar-refractivity contribution in [3.63, 3.8) is 0 Å². The fourth-order valence-electron chi connectivity index (χ4n) is 2.08. The van der Waals surface area contributed by atoms with Crippen LogP contribution in [-0.2, 0) is 17.8 Å². The third kappa shape index (κ3) is 3.59. The molecular weight excluding hydrogens is 266 g/mol. The predicted molar refractivity (Wildman–Crippen MR) is 81.7 cm³/mol. The van der Waals surface area contributed by atoms with Crippen molar-refractivity contribution >= 4 is 11.6 Å². The highest BCUT2D eigenvalue weighted by Gasteiger charge is 2.14. The van der Waals surface area contributed by atoms with Crippen molar-refractivity contribution in [3.8, 4) is 0 Å². The summed E-state index contributed by atoms with van der Waals surface area (Å²) in [4.78, 5) is 17.9. The molecule has 0 aliphatic heterocycles. The molecule has 2 aromatic rings. The molecular formula is C15H21N5O. The Morgan fingerprint density at radius 2 is 2.00 bits per heavy atom. The van der Waals surface area contributed by atoms with Gasteiger partial charge in [0.1, 0.15) is 6.54 Å². The number of nitrogens with zero attached hydrogens (tertiary/aromatic N) is 4. The Morgan fingerprint density at radius 1 is 1.33 bits per heavy atom. The highest BCUT2D eigenvalue weighted by molar-refractivity contribution is 5.76. The molecule has 21 heavy (non-hydrogen) atoms. The van der Waals surface area contributed by atoms with E-state index >= 15 is 0 Å². The first-order chi connectivity index (χ1) is 9.99. The summed E-state index contributed by atoms with van der Waals surface area (Å²) in [5.41, 5.74) is 9.30. The van der Waals surface area contributed by atoms with E-state index in [0.717, 1.165) is 17.8 Å². The van der Waals surface area contributed by atoms with E-state index in [9.17, 15) is 4.79 Å². The smallest absolute Gasteiger partial charge is 0.244 e. The molecule has 0 fully saturated rings. The lowest BCUT2D eigenvalue weighted by Gasteiger charge is -2.17. The fourth-order valence-corrected chi connectivity index (χ4v) is 2.08. The zero-order valence-electron chi connectivity index (χ0n) is 12.7. The number of nitrogen functional groups attached to an aromatic ring is 1. The van der Waals surface area contributed by atoms with Gasteiger partial charge in [0.15, 0.2) is 0 Å². The van der Waals surface area contributed by atoms with Gasteiger partial charge in [-0.05, 0) is 38.0 Å². The Kier molecular flexibility index (Phi) is 4.57. The van der Waals surface area contributed by atoms with Gasteiger partial charge in [0.25, 0.3) is 0 Å². The van der Waals surface area contributed by atoms with Crippen LogP contribution in [0.5, 0.6) is 0 Å². The quantitative estimate of drug-likeness (QED) is 0.895. The number of aromatic nitrogens is 3. The molecule has 0 radical (unpaired) electrons. The number of rotatable bonds is 5. The molecule has 0 aromatic carbocycles. The molecule has 2 N–H and O–H groups in total. The maximum Gasteiger partial charge on any atom is 0.244 e. The average molecular weight is 287 g/mol. The maximum atomic E-state index is 12.2. The number of hydrogen-bond donors (Lipinski definition) is 1. The summed E-state index contributed by atoms with van der Waals surface area (Å²) in [5.74, 6) is 0.0228. The van der Waals surface area contributed by atoms with Crippen LogP contribution in [0.3, 0.4) is 0 Å². The van der Waals surface area contributed by atoms with Gasteiger partial charge in [-0.15, -0.1) is 0 Å². The van der Waals surface area contributed by atoms with Crippen molar-refractivity contribution in [1.82, 2.24) is 19.7 Å². The van der Waals surface area contributed by atoms with E-state index in [1.54, 1.807) is 29.0 Å². The van der Waals surface area contributed by atoms with Crippen LogP contribution in [-0.4, -0.2) is 39.2 Å². The number of aryl methyl sites for hydroxylation is 1. The van der Waals surface area contributed by atoms with Crippen LogP contribution in [0.2, 0.25) is 0 Å². The van der Waals surface area contributed by atoms with E-state index in [4.69, 9.17) is 5.73 Å². The van der Waals surface area contributed by atoms with Crippen molar-refractivity contribution in [2.24, 2.45) is 0 Å². The highest BCUT2D eigenvalue weighted by atomic mass is 16.2. The Balaban J connectivity index is 1.92. The SMILES string of the molecule is Cc1nn(CC(=O)N(C)CCc2ccncc2)c(C)c1N. The number of carbonyl (C=O) groups is 1. The molecule has 0 unspecified atom stereocenters. The van der Waals surface area contributed by atoms with Crippen LogP contribution < -0.4 is 5.73 Å². The molecule has 6 heteroatoms. The second-order valence-electron chi connectivity index (χ2n) is 5.16. The summed E-state index contributed by atoms with van der Waals surface area (Å²) < 4.78 is 1.66. The molecule has 0 spiro atoms. The number of anilines is 1. The van der Waals surface area contributed by atoms with Crippen LogP contribution in [0.4, 0.5) is 5.69 Å². The first-order valence-electron chi connectivity index (χ1n) is 6.91. The van der Waals surface area contributed by atoms with Crippen molar-refractivity contribution < 1.29 is 4.79 Å². The average Bonchev–Trinajstić information content (AvgIpc) is 2.73. The minimum atomic E-state index is 0.0228. The van der Waals surface area contributed by atoms with E-state index in [0.29, 0.717) is 12.2 Å². The van der Waals surface area contributed by atoms with Gasteiger partial charge >= 0.3 is 0 Å². The third-order valence-corrected chi connectivity index (χ3v) is 3.63. The zero-order valence-corrected chi connectivity index (χ0v) is 12.7. The van der Waals surface area contributed by atoms with E-state index < -0.39 is 0 Å². The first-order valence-corrected chi connectivity index (χ1v) is 6.91. The first kappa shape index (κ1) is 15.0. The number of likely N-dealkylation sites (N-methyl/N-ethyl adjacent to an activating group) is 1. The van der Waals surface area contributed by atoms with E-state index in [-0.39, 0.29) is 12.5 Å². The van der Waals surface area contributed by atoms with E-state index in [1.807, 2.05) is 26.0 Å². The number of pyridine rings is 1. The molecule has 0 saturated carbocycles. The molecule has 1 amide bonds. The third-order valence-electron chi connectivity index (χ3n) is 3.63. The van der Waals surface area contributed by atoms with Crippen LogP contribution in [0.25, 0.3) is 0 Å². The number of amides is 1. The molecule has 112 valence electrons. The highest BCUT2D eigenvalue weighted by Crippen LogP contribution is 2.14. The molecule has 2 heterocycles. The summed E-state index contributed by atoms with van der Waals surface area (Å²) in [6, 6.07) is 3.92. The summed E-state index contributed by atoms with van der Waals surface area (Å²) in [7, 11) is 1.80. The minimum Gasteiger partial charge on any atom is -0.396 e. The Bertz CT molecular complexity index is 620. The van der Waals surface area contributed by atoms with Gasteiger partial charge in [0.2, 0.25) is 5.91 Å². The van der Waals surface area contributed by atoms with Crippen LogP contribution in [0.15, 0.2) is 24.5 Å². The lowest BCUT2D eigenvalue weighted by atomic mass is 10.2. The molecule has 0 saturated heterocycles. The van der Waals surface area contributed by atoms with Crippen molar-refractivity contribution in [3.05, 3.63) is 41.5 Å². The predicted octanol–water partition coefficient (Wildman–Crippen LogP) is 1.18. The Labute approximate surface area is 124 Å². The molecule has 0 bridgehead atoms. The van der Waals surface area contributed by atoms with Crippen LogP contribution >= 0.6 is 0 Å². The Hall–Kier alpha value is -2.37. The topological polar surface area (TPSA) is 77.0 Å². The van der Waals surface area contributed by atoms with Gasteiger partial charge in [-0.1, -0.05) is 0 Å². The second-order valence-corrected chi connectivity index (χ2v) is 5.16. The van der Waals surface area contributed by atoms with Crippen molar-refractivity contribution in [2.75, 3.05) is 19.3 Å². The van der Waals surface area contributed by atoms with E-state index in [1.165, 1.54) is 5.56 Å². The molecule has 2 aromatic heterocycles. The molecule has 0 aliphatic rings. The van der Waals surface area contributed by atoms with E-state index in [2.05, 4.69) is 10.1 Å². The number of nitrogens with two attached hydrogens (primary N) is 1. The largest absolute Gasteiger partial charge is 0.396 e. The minimum absolute atomic E-state index is 0.0228.